The quantitative estimate of drug-likeness (QED) is 0.825. The molecule has 0 aromatic carbocycles. The Hall–Kier alpha value is -1.34. The molecule has 1 aromatic heterocycles. The largest absolute Gasteiger partial charge is 0.464 e. The molecule has 1 aromatic rings. The van der Waals surface area contributed by atoms with Crippen LogP contribution in [0.3, 0.4) is 0 Å². The lowest BCUT2D eigenvalue weighted by atomic mass is 10.2. The van der Waals surface area contributed by atoms with E-state index in [0.717, 1.165) is 18.6 Å². The van der Waals surface area contributed by atoms with E-state index < -0.39 is 16.1 Å². The van der Waals surface area contributed by atoms with Gasteiger partial charge in [0.25, 0.3) is 0 Å². The summed E-state index contributed by atoms with van der Waals surface area (Å²) < 4.78 is 31.7. The number of sulfonamides is 1. The number of unbranched alkanes of at least 4 members (excludes halogenated alkanes) is 1. The van der Waals surface area contributed by atoms with Gasteiger partial charge in [-0.2, -0.15) is 4.31 Å². The Morgan fingerprint density at radius 3 is 2.83 bits per heavy atom. The van der Waals surface area contributed by atoms with Gasteiger partial charge in [-0.25, -0.2) is 8.42 Å². The van der Waals surface area contributed by atoms with Gasteiger partial charge in [-0.3, -0.25) is 4.79 Å². The minimum Gasteiger partial charge on any atom is -0.464 e. The van der Waals surface area contributed by atoms with E-state index in [0.29, 0.717) is 25.1 Å². The van der Waals surface area contributed by atoms with E-state index in [-0.39, 0.29) is 17.7 Å². The predicted molar refractivity (Wildman–Crippen MR) is 88.4 cm³/mol. The van der Waals surface area contributed by atoms with Gasteiger partial charge < -0.3 is 9.73 Å². The molecule has 1 aliphatic heterocycles. The first-order chi connectivity index (χ1) is 10.8. The molecule has 2 rings (SSSR count). The molecule has 23 heavy (non-hydrogen) atoms. The summed E-state index contributed by atoms with van der Waals surface area (Å²) in [4.78, 5) is 12.5. The fourth-order valence-corrected chi connectivity index (χ4v) is 4.73. The van der Waals surface area contributed by atoms with Crippen LogP contribution >= 0.6 is 0 Å². The fraction of sp³-hybridized carbons (Fsp3) is 0.688. The molecule has 0 radical (unpaired) electrons. The van der Waals surface area contributed by atoms with Crippen molar-refractivity contribution in [2.45, 2.75) is 58.5 Å². The van der Waals surface area contributed by atoms with Gasteiger partial charge in [0.05, 0.1) is 11.8 Å². The van der Waals surface area contributed by atoms with Crippen LogP contribution in [-0.2, 0) is 14.8 Å². The predicted octanol–water partition coefficient (Wildman–Crippen LogP) is 2.36. The van der Waals surface area contributed by atoms with Crippen LogP contribution in [-0.4, -0.2) is 37.0 Å². The van der Waals surface area contributed by atoms with E-state index in [4.69, 9.17) is 4.42 Å². The van der Waals surface area contributed by atoms with E-state index in [9.17, 15) is 13.2 Å². The van der Waals surface area contributed by atoms with Crippen LogP contribution in [0.5, 0.6) is 0 Å². The van der Waals surface area contributed by atoms with Crippen molar-refractivity contribution in [3.8, 4) is 0 Å². The van der Waals surface area contributed by atoms with Gasteiger partial charge in [0.15, 0.2) is 0 Å². The highest BCUT2D eigenvalue weighted by atomic mass is 32.2. The molecule has 1 amide bonds. The maximum atomic E-state index is 12.5. The summed E-state index contributed by atoms with van der Waals surface area (Å²) in [5, 5.41) is 2.87. The molecule has 1 fully saturated rings. The summed E-state index contributed by atoms with van der Waals surface area (Å²) in [6.07, 6.45) is 2.73. The number of nitrogens with zero attached hydrogens (tertiary/aromatic N) is 1. The molecule has 2 atom stereocenters. The summed E-state index contributed by atoms with van der Waals surface area (Å²) in [6, 6.07) is 2.78. The van der Waals surface area contributed by atoms with Crippen LogP contribution in [0.25, 0.3) is 0 Å². The van der Waals surface area contributed by atoms with Gasteiger partial charge in [-0.15, -0.1) is 0 Å². The van der Waals surface area contributed by atoms with Crippen LogP contribution in [0.4, 0.5) is 0 Å². The van der Waals surface area contributed by atoms with Gasteiger partial charge >= 0.3 is 0 Å². The van der Waals surface area contributed by atoms with Crippen molar-refractivity contribution < 1.29 is 17.6 Å². The number of aryl methyl sites for hydroxylation is 1. The van der Waals surface area contributed by atoms with Gasteiger partial charge in [-0.05, 0) is 45.2 Å². The van der Waals surface area contributed by atoms with Crippen molar-refractivity contribution in [1.29, 1.82) is 0 Å². The molecule has 0 unspecified atom stereocenters. The molecule has 6 nitrogen and oxygen atoms in total. The van der Waals surface area contributed by atoms with Crippen molar-refractivity contribution in [2.24, 2.45) is 0 Å². The third-order valence-corrected chi connectivity index (χ3v) is 6.12. The maximum Gasteiger partial charge on any atom is 0.239 e. The SMILES string of the molecule is CCCCS(=O)(=O)N1CCC[C@@H]1C(=O)N[C@H](C)c1ccc(C)o1. The molecule has 1 saturated heterocycles. The normalized spacial score (nSPS) is 20.6. The minimum absolute atomic E-state index is 0.111. The zero-order valence-corrected chi connectivity index (χ0v) is 14.9. The summed E-state index contributed by atoms with van der Waals surface area (Å²) in [5.41, 5.74) is 0. The molecule has 0 saturated carbocycles. The number of furan rings is 1. The first-order valence-corrected chi connectivity index (χ1v) is 9.82. The second-order valence-corrected chi connectivity index (χ2v) is 8.16. The highest BCUT2D eigenvalue weighted by Crippen LogP contribution is 2.24. The smallest absolute Gasteiger partial charge is 0.239 e. The van der Waals surface area contributed by atoms with Crippen molar-refractivity contribution in [1.82, 2.24) is 9.62 Å². The van der Waals surface area contributed by atoms with Crippen LogP contribution in [0.15, 0.2) is 16.5 Å². The Morgan fingerprint density at radius 2 is 2.22 bits per heavy atom. The van der Waals surface area contributed by atoms with E-state index >= 15 is 0 Å². The molecular weight excluding hydrogens is 316 g/mol. The maximum absolute atomic E-state index is 12.5. The van der Waals surface area contributed by atoms with Gasteiger partial charge in [0, 0.05) is 6.54 Å². The van der Waals surface area contributed by atoms with Crippen LogP contribution in [0, 0.1) is 6.92 Å². The Labute approximate surface area is 138 Å². The topological polar surface area (TPSA) is 79.6 Å². The molecule has 1 aliphatic rings. The lowest BCUT2D eigenvalue weighted by molar-refractivity contribution is -0.125. The molecule has 1 N–H and O–H groups in total. The Morgan fingerprint density at radius 1 is 1.48 bits per heavy atom. The summed E-state index contributed by atoms with van der Waals surface area (Å²) in [5.74, 6) is 1.32. The lowest BCUT2D eigenvalue weighted by Gasteiger charge is -2.24. The minimum atomic E-state index is -3.36. The monoisotopic (exact) mass is 342 g/mol. The second kappa shape index (κ2) is 7.49. The second-order valence-electron chi connectivity index (χ2n) is 6.12. The highest BCUT2D eigenvalue weighted by molar-refractivity contribution is 7.89. The number of rotatable bonds is 7. The molecule has 130 valence electrons. The van der Waals surface area contributed by atoms with Crippen molar-refractivity contribution in [3.05, 3.63) is 23.7 Å². The van der Waals surface area contributed by atoms with Gasteiger partial charge in [0.2, 0.25) is 15.9 Å². The van der Waals surface area contributed by atoms with Crippen molar-refractivity contribution in [3.63, 3.8) is 0 Å². The summed E-state index contributed by atoms with van der Waals surface area (Å²) in [6.45, 7) is 6.06. The Kier molecular flexibility index (Phi) is 5.86. The van der Waals surface area contributed by atoms with E-state index in [1.807, 2.05) is 32.9 Å². The third-order valence-electron chi connectivity index (χ3n) is 4.17. The Bertz CT molecular complexity index is 638. The van der Waals surface area contributed by atoms with E-state index in [1.54, 1.807) is 0 Å². The summed E-state index contributed by atoms with van der Waals surface area (Å²) in [7, 11) is -3.36. The standard InChI is InChI=1S/C16H26N2O4S/c1-4-5-11-23(20,21)18-10-6-7-14(18)16(19)17-13(3)15-9-8-12(2)22-15/h8-9,13-14H,4-7,10-11H2,1-3H3,(H,17,19)/t13-,14-/m1/s1. The van der Waals surface area contributed by atoms with Crippen molar-refractivity contribution in [2.75, 3.05) is 12.3 Å². The molecule has 0 spiro atoms. The third kappa shape index (κ3) is 4.35. The average molecular weight is 342 g/mol. The van der Waals surface area contributed by atoms with Crippen molar-refractivity contribution >= 4 is 15.9 Å². The Balaban J connectivity index is 2.03. The van der Waals surface area contributed by atoms with E-state index in [1.165, 1.54) is 4.31 Å². The van der Waals surface area contributed by atoms with Crippen LogP contribution in [0.1, 0.15) is 57.1 Å². The summed E-state index contributed by atoms with van der Waals surface area (Å²) >= 11 is 0. The zero-order valence-electron chi connectivity index (χ0n) is 14.0. The lowest BCUT2D eigenvalue weighted by Crippen LogP contribution is -2.47. The first-order valence-electron chi connectivity index (χ1n) is 8.21. The van der Waals surface area contributed by atoms with Gasteiger partial charge in [-0.1, -0.05) is 13.3 Å². The zero-order chi connectivity index (χ0) is 17.0. The number of nitrogens with one attached hydrogen (secondary N) is 1. The first kappa shape index (κ1) is 18.0. The van der Waals surface area contributed by atoms with Crippen LogP contribution in [0.2, 0.25) is 0 Å². The molecular formula is C16H26N2O4S. The number of hydrogen-bond donors (Lipinski definition) is 1. The number of amides is 1. The number of carbonyl (C=O) groups excluding carboxylic acids is 1. The molecule has 2 heterocycles. The molecule has 0 bridgehead atoms. The number of hydrogen-bond acceptors (Lipinski definition) is 4. The highest BCUT2D eigenvalue weighted by Gasteiger charge is 2.38. The van der Waals surface area contributed by atoms with Crippen LogP contribution < -0.4 is 5.32 Å². The van der Waals surface area contributed by atoms with E-state index in [2.05, 4.69) is 5.32 Å². The molecule has 7 heteroatoms. The average Bonchev–Trinajstić information content (AvgIpc) is 3.14. The number of carbonyl (C=O) groups is 1. The van der Waals surface area contributed by atoms with Gasteiger partial charge in [0.1, 0.15) is 17.6 Å². The fourth-order valence-electron chi connectivity index (χ4n) is 2.85. The molecule has 0 aliphatic carbocycles.